The van der Waals surface area contributed by atoms with E-state index in [1.807, 2.05) is 13.0 Å². The molecule has 132 valence electrons. The molecule has 0 N–H and O–H groups in total. The summed E-state index contributed by atoms with van der Waals surface area (Å²) in [6, 6.07) is 11.7. The first-order valence-electron chi connectivity index (χ1n) is 8.00. The maximum atomic E-state index is 13.3. The van der Waals surface area contributed by atoms with Crippen molar-refractivity contribution in [3.8, 4) is 11.5 Å². The van der Waals surface area contributed by atoms with Gasteiger partial charge in [0.25, 0.3) is 0 Å². The van der Waals surface area contributed by atoms with E-state index in [9.17, 15) is 9.18 Å². The first-order chi connectivity index (χ1) is 12.1. The molecule has 1 amide bonds. The Balaban J connectivity index is 2.09. The summed E-state index contributed by atoms with van der Waals surface area (Å²) in [6.45, 7) is 2.79. The number of carbonyl (C=O) groups is 1. The minimum Gasteiger partial charge on any atom is -0.493 e. The Morgan fingerprint density at radius 3 is 2.52 bits per heavy atom. The van der Waals surface area contributed by atoms with Crippen molar-refractivity contribution in [1.29, 1.82) is 0 Å². The highest BCUT2D eigenvalue weighted by atomic mass is 19.1. The Kier molecular flexibility index (Phi) is 6.57. The van der Waals surface area contributed by atoms with Gasteiger partial charge < -0.3 is 14.4 Å². The number of carbonyl (C=O) groups excluding carboxylic acids is 1. The molecule has 5 heteroatoms. The first kappa shape index (κ1) is 18.5. The van der Waals surface area contributed by atoms with Gasteiger partial charge in [-0.15, -0.1) is 0 Å². The number of likely N-dealkylation sites (N-methyl/N-ethyl adjacent to an activating group) is 1. The van der Waals surface area contributed by atoms with Crippen LogP contribution in [0.5, 0.6) is 11.5 Å². The van der Waals surface area contributed by atoms with Crippen LogP contribution in [0.3, 0.4) is 0 Å². The van der Waals surface area contributed by atoms with Crippen molar-refractivity contribution in [2.75, 3.05) is 20.8 Å². The monoisotopic (exact) mass is 343 g/mol. The average molecular weight is 343 g/mol. The second-order valence-electron chi connectivity index (χ2n) is 5.43. The zero-order chi connectivity index (χ0) is 18.2. The van der Waals surface area contributed by atoms with Gasteiger partial charge in [-0.05, 0) is 48.4 Å². The fourth-order valence-corrected chi connectivity index (χ4v) is 2.43. The number of methoxy groups -OCH3 is 2. The molecule has 0 unspecified atom stereocenters. The Morgan fingerprint density at radius 2 is 1.88 bits per heavy atom. The molecular weight excluding hydrogens is 321 g/mol. The molecule has 0 spiro atoms. The van der Waals surface area contributed by atoms with Gasteiger partial charge in [0.05, 0.1) is 14.2 Å². The van der Waals surface area contributed by atoms with Gasteiger partial charge in [-0.25, -0.2) is 4.39 Å². The van der Waals surface area contributed by atoms with Crippen LogP contribution in [-0.4, -0.2) is 31.6 Å². The maximum absolute atomic E-state index is 13.3. The van der Waals surface area contributed by atoms with E-state index in [2.05, 4.69) is 0 Å². The van der Waals surface area contributed by atoms with Crippen LogP contribution in [0.4, 0.5) is 4.39 Å². The first-order valence-corrected chi connectivity index (χ1v) is 8.00. The van der Waals surface area contributed by atoms with Gasteiger partial charge in [0, 0.05) is 19.2 Å². The highest BCUT2D eigenvalue weighted by Crippen LogP contribution is 2.28. The molecule has 25 heavy (non-hydrogen) atoms. The van der Waals surface area contributed by atoms with Gasteiger partial charge in [0.1, 0.15) is 5.82 Å². The summed E-state index contributed by atoms with van der Waals surface area (Å²) in [5.41, 5.74) is 1.59. The SMILES string of the molecule is CCN(Cc1cccc(F)c1)C(=O)/C=C/c1ccc(OC)c(OC)c1. The molecular formula is C20H22FNO3. The number of amides is 1. The molecule has 0 heterocycles. The van der Waals surface area contributed by atoms with Crippen LogP contribution >= 0.6 is 0 Å². The molecule has 0 fully saturated rings. The molecule has 2 aromatic carbocycles. The Bertz CT molecular complexity index is 758. The van der Waals surface area contributed by atoms with Crippen LogP contribution < -0.4 is 9.47 Å². The van der Waals surface area contributed by atoms with Crippen molar-refractivity contribution >= 4 is 12.0 Å². The molecule has 0 saturated carbocycles. The minimum absolute atomic E-state index is 0.137. The molecule has 2 rings (SSSR count). The third-order valence-corrected chi connectivity index (χ3v) is 3.78. The number of halogens is 1. The second kappa shape index (κ2) is 8.87. The normalized spacial score (nSPS) is 10.7. The van der Waals surface area contributed by atoms with Crippen molar-refractivity contribution in [1.82, 2.24) is 4.90 Å². The standard InChI is InChI=1S/C20H22FNO3/c1-4-22(14-16-6-5-7-17(21)12-16)20(23)11-9-15-8-10-18(24-2)19(13-15)25-3/h5-13H,4,14H2,1-3H3/b11-9+. The number of hydrogen-bond acceptors (Lipinski definition) is 3. The second-order valence-corrected chi connectivity index (χ2v) is 5.43. The Hall–Kier alpha value is -2.82. The van der Waals surface area contributed by atoms with E-state index >= 15 is 0 Å². The fraction of sp³-hybridized carbons (Fsp3) is 0.250. The molecule has 0 atom stereocenters. The van der Waals surface area contributed by atoms with Gasteiger partial charge >= 0.3 is 0 Å². The predicted octanol–water partition coefficient (Wildman–Crippen LogP) is 3.90. The van der Waals surface area contributed by atoms with Crippen LogP contribution in [0.15, 0.2) is 48.5 Å². The van der Waals surface area contributed by atoms with Crippen LogP contribution in [0.25, 0.3) is 6.08 Å². The van der Waals surface area contributed by atoms with Crippen molar-refractivity contribution in [3.05, 3.63) is 65.5 Å². The summed E-state index contributed by atoms with van der Waals surface area (Å²) in [7, 11) is 3.14. The highest BCUT2D eigenvalue weighted by molar-refractivity contribution is 5.91. The van der Waals surface area contributed by atoms with E-state index in [-0.39, 0.29) is 11.7 Å². The molecule has 0 aliphatic heterocycles. The summed E-state index contributed by atoms with van der Waals surface area (Å²) >= 11 is 0. The van der Waals surface area contributed by atoms with Gasteiger partial charge in [0.2, 0.25) is 5.91 Å². The van der Waals surface area contributed by atoms with Crippen molar-refractivity contribution in [2.24, 2.45) is 0 Å². The van der Waals surface area contributed by atoms with Gasteiger partial charge in [0.15, 0.2) is 11.5 Å². The summed E-state index contributed by atoms with van der Waals surface area (Å²) in [6.07, 6.45) is 3.22. The predicted molar refractivity (Wildman–Crippen MR) is 96.1 cm³/mol. The molecule has 0 aromatic heterocycles. The highest BCUT2D eigenvalue weighted by Gasteiger charge is 2.10. The molecule has 0 radical (unpaired) electrons. The summed E-state index contributed by atoms with van der Waals surface area (Å²) in [5, 5.41) is 0. The zero-order valence-electron chi connectivity index (χ0n) is 14.7. The van der Waals surface area contributed by atoms with Crippen LogP contribution in [0.2, 0.25) is 0 Å². The van der Waals surface area contributed by atoms with E-state index < -0.39 is 0 Å². The van der Waals surface area contributed by atoms with Crippen LogP contribution in [0.1, 0.15) is 18.1 Å². The summed E-state index contributed by atoms with van der Waals surface area (Å²) in [4.78, 5) is 14.0. The van der Waals surface area contributed by atoms with E-state index in [1.165, 1.54) is 18.2 Å². The minimum atomic E-state index is -0.304. The van der Waals surface area contributed by atoms with E-state index in [0.29, 0.717) is 24.6 Å². The number of rotatable bonds is 7. The third kappa shape index (κ3) is 5.08. The maximum Gasteiger partial charge on any atom is 0.246 e. The number of ether oxygens (including phenoxy) is 2. The Labute approximate surface area is 147 Å². The van der Waals surface area contributed by atoms with Crippen LogP contribution in [0, 0.1) is 5.82 Å². The number of hydrogen-bond donors (Lipinski definition) is 0. The lowest BCUT2D eigenvalue weighted by molar-refractivity contribution is -0.126. The lowest BCUT2D eigenvalue weighted by Gasteiger charge is -2.19. The molecule has 0 bridgehead atoms. The lowest BCUT2D eigenvalue weighted by Crippen LogP contribution is -2.28. The largest absolute Gasteiger partial charge is 0.493 e. The van der Waals surface area contributed by atoms with Crippen molar-refractivity contribution in [2.45, 2.75) is 13.5 Å². The molecule has 0 aliphatic carbocycles. The van der Waals surface area contributed by atoms with Crippen LogP contribution in [-0.2, 0) is 11.3 Å². The van der Waals surface area contributed by atoms with E-state index in [4.69, 9.17) is 9.47 Å². The fourth-order valence-electron chi connectivity index (χ4n) is 2.43. The van der Waals surface area contributed by atoms with E-state index in [0.717, 1.165) is 11.1 Å². The van der Waals surface area contributed by atoms with Crippen molar-refractivity contribution in [3.63, 3.8) is 0 Å². The topological polar surface area (TPSA) is 38.8 Å². The number of benzene rings is 2. The van der Waals surface area contributed by atoms with E-state index in [1.54, 1.807) is 49.5 Å². The molecule has 4 nitrogen and oxygen atoms in total. The molecule has 0 aliphatic rings. The average Bonchev–Trinajstić information content (AvgIpc) is 2.63. The third-order valence-electron chi connectivity index (χ3n) is 3.78. The smallest absolute Gasteiger partial charge is 0.246 e. The molecule has 0 saturated heterocycles. The quantitative estimate of drug-likeness (QED) is 0.716. The summed E-state index contributed by atoms with van der Waals surface area (Å²) < 4.78 is 23.7. The van der Waals surface area contributed by atoms with Gasteiger partial charge in [-0.1, -0.05) is 18.2 Å². The number of nitrogens with zero attached hydrogens (tertiary/aromatic N) is 1. The van der Waals surface area contributed by atoms with Crippen molar-refractivity contribution < 1.29 is 18.7 Å². The zero-order valence-corrected chi connectivity index (χ0v) is 14.7. The lowest BCUT2D eigenvalue weighted by atomic mass is 10.1. The van der Waals surface area contributed by atoms with Gasteiger partial charge in [-0.3, -0.25) is 4.79 Å². The van der Waals surface area contributed by atoms with Gasteiger partial charge in [-0.2, -0.15) is 0 Å². The Morgan fingerprint density at radius 1 is 1.12 bits per heavy atom. The molecule has 2 aromatic rings. The summed E-state index contributed by atoms with van der Waals surface area (Å²) in [5.74, 6) is 0.792.